The largest absolute Gasteiger partial charge is 0.369 e. The van der Waals surface area contributed by atoms with Crippen molar-refractivity contribution in [3.05, 3.63) is 49.0 Å². The minimum absolute atomic E-state index is 0.399. The van der Waals surface area contributed by atoms with Crippen molar-refractivity contribution in [1.82, 2.24) is 0 Å². The average Bonchev–Trinajstić information content (AvgIpc) is 2.68. The summed E-state index contributed by atoms with van der Waals surface area (Å²) in [5, 5.41) is 3.17. The van der Waals surface area contributed by atoms with Gasteiger partial charge in [-0.15, -0.1) is 11.3 Å². The first-order valence-corrected chi connectivity index (χ1v) is 7.95. The summed E-state index contributed by atoms with van der Waals surface area (Å²) in [6.45, 7) is 1.99. The van der Waals surface area contributed by atoms with E-state index in [1.54, 1.807) is 11.3 Å². The van der Waals surface area contributed by atoms with Crippen LogP contribution in [-0.4, -0.2) is 5.91 Å². The number of rotatable bonds is 4. The van der Waals surface area contributed by atoms with Crippen LogP contribution in [0, 0.1) is 6.92 Å². The molecule has 1 atom stereocenters. The van der Waals surface area contributed by atoms with Crippen molar-refractivity contribution in [3.63, 3.8) is 0 Å². The van der Waals surface area contributed by atoms with Crippen LogP contribution in [0.15, 0.2) is 39.3 Å². The first-order chi connectivity index (χ1) is 8.99. The predicted molar refractivity (Wildman–Crippen MR) is 86.5 cm³/mol. The second-order valence-corrected chi connectivity index (χ2v) is 7.01. The Hall–Kier alpha value is -0.850. The van der Waals surface area contributed by atoms with E-state index in [1.807, 2.05) is 37.3 Å². The molecule has 0 aliphatic carbocycles. The molecule has 0 fully saturated rings. The number of nitrogens with two attached hydrogens (primary N) is 1. The molecule has 0 saturated heterocycles. The fourth-order valence-corrected chi connectivity index (χ4v) is 3.66. The minimum Gasteiger partial charge on any atom is -0.369 e. The highest BCUT2D eigenvalue weighted by Crippen LogP contribution is 2.33. The number of aryl methyl sites for hydroxylation is 1. The maximum absolute atomic E-state index is 11.7. The van der Waals surface area contributed by atoms with Gasteiger partial charge in [-0.05, 0) is 57.0 Å². The van der Waals surface area contributed by atoms with Crippen molar-refractivity contribution in [2.24, 2.45) is 5.73 Å². The fourth-order valence-electron chi connectivity index (χ4n) is 1.64. The number of primary amides is 1. The minimum atomic E-state index is -0.534. The van der Waals surface area contributed by atoms with Gasteiger partial charge in [-0.3, -0.25) is 4.79 Å². The second kappa shape index (κ2) is 6.07. The Labute approximate surface area is 132 Å². The Kier molecular flexibility index (Phi) is 4.65. The van der Waals surface area contributed by atoms with Crippen LogP contribution < -0.4 is 11.1 Å². The first-order valence-electron chi connectivity index (χ1n) is 5.55. The van der Waals surface area contributed by atoms with Gasteiger partial charge in [0.15, 0.2) is 0 Å². The van der Waals surface area contributed by atoms with E-state index >= 15 is 0 Å². The molecule has 1 aromatic heterocycles. The molecular formula is C13H12Br2N2OS. The molecule has 0 spiro atoms. The van der Waals surface area contributed by atoms with Crippen LogP contribution in [-0.2, 0) is 4.79 Å². The molecule has 2 rings (SSSR count). The van der Waals surface area contributed by atoms with Crippen LogP contribution in [0.25, 0.3) is 0 Å². The third-order valence-corrected chi connectivity index (χ3v) is 5.51. The van der Waals surface area contributed by atoms with Crippen LogP contribution in [0.1, 0.15) is 15.8 Å². The Morgan fingerprint density at radius 3 is 2.53 bits per heavy atom. The number of carbonyl (C=O) groups excluding carboxylic acids is 1. The molecule has 1 aromatic carbocycles. The fraction of sp³-hybridized carbons (Fsp3) is 0.154. The number of anilines is 1. The van der Waals surface area contributed by atoms with E-state index in [0.29, 0.717) is 0 Å². The highest BCUT2D eigenvalue weighted by atomic mass is 79.9. The van der Waals surface area contributed by atoms with Crippen molar-refractivity contribution in [1.29, 1.82) is 0 Å². The first kappa shape index (κ1) is 14.6. The molecule has 0 bridgehead atoms. The lowest BCUT2D eigenvalue weighted by Gasteiger charge is -2.16. The molecule has 0 aliphatic heterocycles. The smallest absolute Gasteiger partial charge is 0.245 e. The molecule has 3 N–H and O–H groups in total. The molecule has 1 amide bonds. The summed E-state index contributed by atoms with van der Waals surface area (Å²) in [5.74, 6) is -0.399. The van der Waals surface area contributed by atoms with E-state index in [-0.39, 0.29) is 0 Å². The van der Waals surface area contributed by atoms with Crippen LogP contribution >= 0.6 is 43.2 Å². The Balaban J connectivity index is 2.32. The second-order valence-electron chi connectivity index (χ2n) is 4.01. The van der Waals surface area contributed by atoms with Gasteiger partial charge in [0.05, 0.1) is 0 Å². The third-order valence-electron chi connectivity index (χ3n) is 2.62. The van der Waals surface area contributed by atoms with Gasteiger partial charge in [-0.2, -0.15) is 0 Å². The number of halogens is 2. The van der Waals surface area contributed by atoms with Gasteiger partial charge in [0.2, 0.25) is 5.91 Å². The number of hydrogen-bond acceptors (Lipinski definition) is 3. The zero-order chi connectivity index (χ0) is 14.0. The molecule has 1 unspecified atom stereocenters. The summed E-state index contributed by atoms with van der Waals surface area (Å²) in [4.78, 5) is 13.7. The van der Waals surface area contributed by atoms with Crippen LogP contribution in [0.2, 0.25) is 0 Å². The lowest BCUT2D eigenvalue weighted by Crippen LogP contribution is -2.27. The van der Waals surface area contributed by atoms with Gasteiger partial charge in [0, 0.05) is 24.4 Å². The maximum atomic E-state index is 11.7. The Morgan fingerprint density at radius 2 is 2.00 bits per heavy atom. The Bertz CT molecular complexity index is 593. The monoisotopic (exact) mass is 402 g/mol. The van der Waals surface area contributed by atoms with Gasteiger partial charge >= 0.3 is 0 Å². The summed E-state index contributed by atoms with van der Waals surface area (Å²) in [7, 11) is 0. The third kappa shape index (κ3) is 3.38. The lowest BCUT2D eigenvalue weighted by molar-refractivity contribution is -0.118. The maximum Gasteiger partial charge on any atom is 0.245 e. The quantitative estimate of drug-likeness (QED) is 0.802. The SMILES string of the molecule is Cc1sc(C(Nc2ccccc2Br)C(N)=O)cc1Br. The average molecular weight is 404 g/mol. The molecule has 100 valence electrons. The van der Waals surface area contributed by atoms with Gasteiger partial charge in [0.25, 0.3) is 0 Å². The van der Waals surface area contributed by atoms with E-state index in [0.717, 1.165) is 24.4 Å². The number of amides is 1. The summed E-state index contributed by atoms with van der Waals surface area (Å²) in [6, 6.07) is 9.03. The van der Waals surface area contributed by atoms with Gasteiger partial charge in [-0.1, -0.05) is 12.1 Å². The van der Waals surface area contributed by atoms with Crippen LogP contribution in [0.4, 0.5) is 5.69 Å². The van der Waals surface area contributed by atoms with Crippen LogP contribution in [0.3, 0.4) is 0 Å². The molecule has 0 saturated carbocycles. The number of nitrogens with one attached hydrogen (secondary N) is 1. The topological polar surface area (TPSA) is 55.1 Å². The van der Waals surface area contributed by atoms with E-state index in [2.05, 4.69) is 37.2 Å². The summed E-state index contributed by atoms with van der Waals surface area (Å²) >= 11 is 8.45. The van der Waals surface area contributed by atoms with E-state index < -0.39 is 11.9 Å². The van der Waals surface area contributed by atoms with E-state index in [4.69, 9.17) is 5.73 Å². The molecular weight excluding hydrogens is 392 g/mol. The van der Waals surface area contributed by atoms with Crippen molar-refractivity contribution < 1.29 is 4.79 Å². The number of carbonyl (C=O) groups is 1. The van der Waals surface area contributed by atoms with Crippen molar-refractivity contribution >= 4 is 54.8 Å². The lowest BCUT2D eigenvalue weighted by atomic mass is 10.2. The highest BCUT2D eigenvalue weighted by molar-refractivity contribution is 9.11. The number of thiophene rings is 1. The number of hydrogen-bond donors (Lipinski definition) is 2. The van der Waals surface area contributed by atoms with Crippen LogP contribution in [0.5, 0.6) is 0 Å². The molecule has 19 heavy (non-hydrogen) atoms. The molecule has 0 radical (unpaired) electrons. The normalized spacial score (nSPS) is 12.2. The van der Waals surface area contributed by atoms with Gasteiger partial charge in [0.1, 0.15) is 6.04 Å². The summed E-state index contributed by atoms with van der Waals surface area (Å²) in [6.07, 6.45) is 0. The zero-order valence-electron chi connectivity index (χ0n) is 10.1. The zero-order valence-corrected chi connectivity index (χ0v) is 14.1. The van der Waals surface area contributed by atoms with E-state index in [1.165, 1.54) is 0 Å². The standard InChI is InChI=1S/C13H12Br2N2OS/c1-7-9(15)6-11(19-7)12(13(16)18)17-10-5-3-2-4-8(10)14/h2-6,12,17H,1H3,(H2,16,18). The molecule has 0 aliphatic rings. The van der Waals surface area contributed by atoms with E-state index in [9.17, 15) is 4.79 Å². The number of benzene rings is 1. The molecule has 3 nitrogen and oxygen atoms in total. The van der Waals surface area contributed by atoms with Gasteiger partial charge in [-0.25, -0.2) is 0 Å². The van der Waals surface area contributed by atoms with Crippen molar-refractivity contribution in [2.45, 2.75) is 13.0 Å². The molecule has 2 aromatic rings. The predicted octanol–water partition coefficient (Wildman–Crippen LogP) is 4.22. The van der Waals surface area contributed by atoms with Gasteiger partial charge < -0.3 is 11.1 Å². The Morgan fingerprint density at radius 1 is 1.32 bits per heavy atom. The summed E-state index contributed by atoms with van der Waals surface area (Å²) in [5.41, 5.74) is 6.34. The molecule has 6 heteroatoms. The highest BCUT2D eigenvalue weighted by Gasteiger charge is 2.21. The van der Waals surface area contributed by atoms with Crippen molar-refractivity contribution in [3.8, 4) is 0 Å². The van der Waals surface area contributed by atoms with Crippen molar-refractivity contribution in [2.75, 3.05) is 5.32 Å². The number of para-hydroxylation sites is 1. The summed E-state index contributed by atoms with van der Waals surface area (Å²) < 4.78 is 1.89. The molecule has 1 heterocycles.